The molecule has 1 atom stereocenters. The summed E-state index contributed by atoms with van der Waals surface area (Å²) in [7, 11) is 2.65. The number of hydrogen-bond acceptors (Lipinski definition) is 5. The molecule has 1 unspecified atom stereocenters. The van der Waals surface area contributed by atoms with E-state index in [0.717, 1.165) is 12.1 Å². The first-order chi connectivity index (χ1) is 11.7. The lowest BCUT2D eigenvalue weighted by Gasteiger charge is -2.16. The fourth-order valence-electron chi connectivity index (χ4n) is 2.14. The van der Waals surface area contributed by atoms with Crippen molar-refractivity contribution < 1.29 is 18.7 Å². The molecule has 134 valence electrons. The molecule has 0 amide bonds. The van der Waals surface area contributed by atoms with Crippen LogP contribution in [-0.4, -0.2) is 28.3 Å². The monoisotopic (exact) mass is 370 g/mol. The number of aryl methyl sites for hydroxylation is 1. The van der Waals surface area contributed by atoms with Crippen LogP contribution in [0, 0.1) is 12.7 Å². The van der Waals surface area contributed by atoms with E-state index in [1.165, 1.54) is 31.7 Å². The molecule has 0 saturated carbocycles. The molecule has 2 rings (SSSR count). The molecule has 7 nitrogen and oxygen atoms in total. The molecule has 0 aliphatic carbocycles. The van der Waals surface area contributed by atoms with Crippen molar-refractivity contribution in [2.24, 2.45) is 7.05 Å². The zero-order valence-corrected chi connectivity index (χ0v) is 14.8. The van der Waals surface area contributed by atoms with E-state index in [2.05, 4.69) is 4.74 Å². The van der Waals surface area contributed by atoms with E-state index >= 15 is 0 Å². The van der Waals surface area contributed by atoms with Gasteiger partial charge in [-0.05, 0) is 19.9 Å². The molecule has 0 N–H and O–H groups in total. The highest BCUT2D eigenvalue weighted by Crippen LogP contribution is 2.29. The van der Waals surface area contributed by atoms with Crippen LogP contribution in [0.3, 0.4) is 0 Å². The lowest BCUT2D eigenvalue weighted by atomic mass is 10.2. The fourth-order valence-corrected chi connectivity index (χ4v) is 2.34. The number of nitrogens with zero attached hydrogens (tertiary/aromatic N) is 2. The van der Waals surface area contributed by atoms with E-state index in [4.69, 9.17) is 16.3 Å². The van der Waals surface area contributed by atoms with Gasteiger partial charge in [0.15, 0.2) is 6.10 Å². The summed E-state index contributed by atoms with van der Waals surface area (Å²) in [5.41, 5.74) is -1.33. The van der Waals surface area contributed by atoms with Gasteiger partial charge in [-0.15, -0.1) is 0 Å². The highest BCUT2D eigenvalue weighted by molar-refractivity contribution is 6.32. The third-order valence-electron chi connectivity index (χ3n) is 3.64. The van der Waals surface area contributed by atoms with Crippen molar-refractivity contribution in [2.75, 3.05) is 7.11 Å². The quantitative estimate of drug-likeness (QED) is 0.763. The second-order valence-corrected chi connectivity index (χ2v) is 5.73. The van der Waals surface area contributed by atoms with Crippen LogP contribution in [0.5, 0.6) is 5.75 Å². The summed E-state index contributed by atoms with van der Waals surface area (Å²) < 4.78 is 26.1. The molecule has 0 aliphatic rings. The molecule has 0 aliphatic heterocycles. The summed E-state index contributed by atoms with van der Waals surface area (Å²) in [5, 5.41) is -0.117. The number of benzene rings is 1. The maximum absolute atomic E-state index is 14.3. The minimum absolute atomic E-state index is 0.0644. The van der Waals surface area contributed by atoms with Gasteiger partial charge in [-0.1, -0.05) is 11.6 Å². The van der Waals surface area contributed by atoms with Gasteiger partial charge in [-0.25, -0.2) is 18.5 Å². The van der Waals surface area contributed by atoms with Gasteiger partial charge in [0.25, 0.3) is 5.56 Å². The van der Waals surface area contributed by atoms with Crippen LogP contribution in [-0.2, 0) is 16.6 Å². The number of halogens is 2. The number of aromatic nitrogens is 2. The minimum Gasteiger partial charge on any atom is -0.477 e. The van der Waals surface area contributed by atoms with Gasteiger partial charge < -0.3 is 14.0 Å². The zero-order valence-electron chi connectivity index (χ0n) is 14.0. The fraction of sp³-hybridized carbons (Fsp3) is 0.312. The van der Waals surface area contributed by atoms with Crippen LogP contribution in [0.1, 0.15) is 12.6 Å². The zero-order chi connectivity index (χ0) is 18.9. The Labute approximate surface area is 147 Å². The van der Waals surface area contributed by atoms with E-state index in [-0.39, 0.29) is 16.5 Å². The van der Waals surface area contributed by atoms with Crippen molar-refractivity contribution in [3.8, 4) is 11.4 Å². The van der Waals surface area contributed by atoms with E-state index in [1.54, 1.807) is 6.92 Å². The number of carbonyl (C=O) groups is 1. The molecule has 9 heteroatoms. The molecule has 2 aromatic rings. The van der Waals surface area contributed by atoms with E-state index < -0.39 is 29.1 Å². The van der Waals surface area contributed by atoms with Gasteiger partial charge in [0, 0.05) is 24.9 Å². The largest absolute Gasteiger partial charge is 0.477 e. The van der Waals surface area contributed by atoms with Crippen LogP contribution in [0.15, 0.2) is 27.8 Å². The topological polar surface area (TPSA) is 79.5 Å². The molecular formula is C16H16ClFN2O5. The number of rotatable bonds is 4. The predicted molar refractivity (Wildman–Crippen MR) is 89.1 cm³/mol. The van der Waals surface area contributed by atoms with Crippen molar-refractivity contribution in [1.29, 1.82) is 0 Å². The summed E-state index contributed by atoms with van der Waals surface area (Å²) in [6.45, 7) is 3.00. The third kappa shape index (κ3) is 3.58. The molecule has 0 saturated heterocycles. The Morgan fingerprint density at radius 2 is 1.92 bits per heavy atom. The number of ether oxygens (including phenoxy) is 2. The van der Waals surface area contributed by atoms with Crippen LogP contribution < -0.4 is 16.0 Å². The van der Waals surface area contributed by atoms with Crippen LogP contribution in [0.25, 0.3) is 5.69 Å². The van der Waals surface area contributed by atoms with Crippen molar-refractivity contribution in [3.05, 3.63) is 55.6 Å². The van der Waals surface area contributed by atoms with Crippen molar-refractivity contribution in [1.82, 2.24) is 9.13 Å². The first kappa shape index (κ1) is 18.7. The van der Waals surface area contributed by atoms with Gasteiger partial charge in [-0.3, -0.25) is 4.79 Å². The first-order valence-electron chi connectivity index (χ1n) is 7.21. The Bertz CT molecular complexity index is 951. The Balaban J connectivity index is 2.63. The van der Waals surface area contributed by atoms with E-state index in [1.807, 2.05) is 0 Å². The Kier molecular flexibility index (Phi) is 5.32. The van der Waals surface area contributed by atoms with Gasteiger partial charge in [0.1, 0.15) is 11.6 Å². The molecular weight excluding hydrogens is 355 g/mol. The van der Waals surface area contributed by atoms with Gasteiger partial charge >= 0.3 is 11.7 Å². The molecule has 0 radical (unpaired) electrons. The number of methoxy groups -OCH3 is 1. The van der Waals surface area contributed by atoms with Crippen LogP contribution >= 0.6 is 11.6 Å². The third-order valence-corrected chi connectivity index (χ3v) is 3.93. The van der Waals surface area contributed by atoms with Crippen molar-refractivity contribution in [2.45, 2.75) is 20.0 Å². The number of carbonyl (C=O) groups excluding carboxylic acids is 1. The average Bonchev–Trinajstić information content (AvgIpc) is 2.55. The normalized spacial score (nSPS) is 11.9. The first-order valence-corrected chi connectivity index (χ1v) is 7.58. The molecule has 1 aromatic carbocycles. The van der Waals surface area contributed by atoms with Crippen molar-refractivity contribution in [3.63, 3.8) is 0 Å². The van der Waals surface area contributed by atoms with Gasteiger partial charge in [-0.2, -0.15) is 0 Å². The Morgan fingerprint density at radius 1 is 1.28 bits per heavy atom. The van der Waals surface area contributed by atoms with Crippen LogP contribution in [0.4, 0.5) is 4.39 Å². The maximum atomic E-state index is 14.3. The molecule has 0 fully saturated rings. The number of hydrogen-bond donors (Lipinski definition) is 0. The SMILES string of the molecule is COC(=O)C(C)Oc1cc(-n2c(=O)cc(C)n(C)c2=O)c(F)cc1Cl. The lowest BCUT2D eigenvalue weighted by molar-refractivity contribution is -0.147. The minimum atomic E-state index is -1.02. The summed E-state index contributed by atoms with van der Waals surface area (Å²) in [5.74, 6) is -1.61. The lowest BCUT2D eigenvalue weighted by Crippen LogP contribution is -2.38. The average molecular weight is 371 g/mol. The summed E-state index contributed by atoms with van der Waals surface area (Å²) in [4.78, 5) is 36.0. The molecule has 0 spiro atoms. The molecule has 25 heavy (non-hydrogen) atoms. The van der Waals surface area contributed by atoms with Crippen molar-refractivity contribution >= 4 is 17.6 Å². The van der Waals surface area contributed by atoms with Gasteiger partial charge in [0.2, 0.25) is 0 Å². The van der Waals surface area contributed by atoms with Crippen LogP contribution in [0.2, 0.25) is 5.02 Å². The molecule has 0 bridgehead atoms. The summed E-state index contributed by atoms with van der Waals surface area (Å²) in [6, 6.07) is 3.20. The highest BCUT2D eigenvalue weighted by Gasteiger charge is 2.20. The predicted octanol–water partition coefficient (Wildman–Crippen LogP) is 1.58. The van der Waals surface area contributed by atoms with E-state index in [9.17, 15) is 18.8 Å². The second-order valence-electron chi connectivity index (χ2n) is 5.32. The summed E-state index contributed by atoms with van der Waals surface area (Å²) in [6.07, 6.45) is -1.02. The smallest absolute Gasteiger partial charge is 0.346 e. The molecule has 1 heterocycles. The van der Waals surface area contributed by atoms with E-state index in [0.29, 0.717) is 10.3 Å². The Hall–Kier alpha value is -2.61. The standard InChI is InChI=1S/C16H16ClFN2O5/c1-8-5-14(21)20(16(23)19(8)3)12-7-13(10(17)6-11(12)18)25-9(2)15(22)24-4/h5-7,9H,1-4H3. The van der Waals surface area contributed by atoms with Gasteiger partial charge in [0.05, 0.1) is 17.8 Å². The number of esters is 1. The maximum Gasteiger partial charge on any atom is 0.346 e. The molecule has 1 aromatic heterocycles. The summed E-state index contributed by atoms with van der Waals surface area (Å²) >= 11 is 5.93. The highest BCUT2D eigenvalue weighted by atomic mass is 35.5. The second kappa shape index (κ2) is 7.10. The Morgan fingerprint density at radius 3 is 2.52 bits per heavy atom.